The number of H-pyrrole nitrogens is 1. The summed E-state index contributed by atoms with van der Waals surface area (Å²) in [4.78, 5) is 18.3. The van der Waals surface area contributed by atoms with Gasteiger partial charge in [-0.15, -0.1) is 5.10 Å². The molecule has 7 nitrogen and oxygen atoms in total. The van der Waals surface area contributed by atoms with Gasteiger partial charge in [0.15, 0.2) is 17.6 Å². The molecule has 2 N–H and O–H groups in total. The molecule has 1 amide bonds. The summed E-state index contributed by atoms with van der Waals surface area (Å²) in [5.41, 5.74) is 6.42. The number of carbonyl (C=O) groups excluding carboxylic acids is 1. The Morgan fingerprint density at radius 2 is 1.64 bits per heavy atom. The van der Waals surface area contributed by atoms with Crippen molar-refractivity contribution in [2.75, 3.05) is 5.32 Å². The molecule has 2 aromatic heterocycles. The number of amides is 1. The van der Waals surface area contributed by atoms with Crippen molar-refractivity contribution in [3.05, 3.63) is 76.7 Å². The number of aromatic nitrogens is 4. The van der Waals surface area contributed by atoms with Crippen LogP contribution in [0.2, 0.25) is 0 Å². The second-order valence-electron chi connectivity index (χ2n) is 13.9. The molecule has 0 aliphatic rings. The van der Waals surface area contributed by atoms with Crippen LogP contribution in [0.4, 0.5) is 5.69 Å². The summed E-state index contributed by atoms with van der Waals surface area (Å²) in [6.07, 6.45) is 9.23. The van der Waals surface area contributed by atoms with Crippen LogP contribution in [0.25, 0.3) is 5.65 Å². The molecule has 244 valence electrons. The Labute approximate surface area is 270 Å². The SMILES string of the molecule is CCCCCCC(Oc1ccc(C(C)(C)CC)cc1C(C)(C)CC)C(=O)Nc1ccc(CCCc2nc3cc(C)[nH]n3n2)cc1. The highest BCUT2D eigenvalue weighted by molar-refractivity contribution is 5.94. The van der Waals surface area contributed by atoms with E-state index in [9.17, 15) is 4.79 Å². The number of aromatic amines is 1. The lowest BCUT2D eigenvalue weighted by molar-refractivity contribution is -0.123. The molecule has 0 saturated heterocycles. The molecule has 0 fully saturated rings. The Kier molecular flexibility index (Phi) is 11.5. The zero-order valence-electron chi connectivity index (χ0n) is 28.9. The number of anilines is 1. The Morgan fingerprint density at radius 3 is 2.31 bits per heavy atom. The van der Waals surface area contributed by atoms with E-state index in [1.54, 1.807) is 4.63 Å². The zero-order valence-corrected chi connectivity index (χ0v) is 28.9. The first-order chi connectivity index (χ1) is 21.5. The predicted octanol–water partition coefficient (Wildman–Crippen LogP) is 9.27. The summed E-state index contributed by atoms with van der Waals surface area (Å²) in [7, 11) is 0. The number of carbonyl (C=O) groups is 1. The topological polar surface area (TPSA) is 84.3 Å². The third-order valence-electron chi connectivity index (χ3n) is 9.53. The van der Waals surface area contributed by atoms with Gasteiger partial charge in [0.2, 0.25) is 0 Å². The van der Waals surface area contributed by atoms with Gasteiger partial charge in [-0.05, 0) is 85.6 Å². The Hall–Kier alpha value is -3.61. The lowest BCUT2D eigenvalue weighted by Gasteiger charge is -2.31. The molecular formula is C38H55N5O2. The van der Waals surface area contributed by atoms with Gasteiger partial charge in [-0.25, -0.2) is 4.98 Å². The molecule has 0 aliphatic carbocycles. The van der Waals surface area contributed by atoms with Crippen LogP contribution in [0.5, 0.6) is 5.75 Å². The first-order valence-corrected chi connectivity index (χ1v) is 17.1. The van der Waals surface area contributed by atoms with Crippen LogP contribution in [0.3, 0.4) is 0 Å². The van der Waals surface area contributed by atoms with Gasteiger partial charge in [0.25, 0.3) is 5.91 Å². The van der Waals surface area contributed by atoms with Gasteiger partial charge in [0, 0.05) is 29.4 Å². The molecule has 0 bridgehead atoms. The third kappa shape index (κ3) is 8.99. The van der Waals surface area contributed by atoms with Crippen LogP contribution in [-0.4, -0.2) is 31.8 Å². The highest BCUT2D eigenvalue weighted by atomic mass is 16.5. The summed E-state index contributed by atoms with van der Waals surface area (Å²) in [6, 6.07) is 16.8. The van der Waals surface area contributed by atoms with E-state index in [1.807, 2.05) is 25.1 Å². The third-order valence-corrected chi connectivity index (χ3v) is 9.53. The number of benzene rings is 2. The quantitative estimate of drug-likeness (QED) is 0.116. The Balaban J connectivity index is 1.43. The summed E-state index contributed by atoms with van der Waals surface area (Å²) in [5, 5.41) is 10.8. The molecule has 7 heteroatoms. The summed E-state index contributed by atoms with van der Waals surface area (Å²) < 4.78 is 8.40. The Bertz CT molecular complexity index is 1500. The van der Waals surface area contributed by atoms with Gasteiger partial charge in [0.1, 0.15) is 5.75 Å². The molecule has 1 unspecified atom stereocenters. The zero-order chi connectivity index (χ0) is 32.6. The molecule has 0 saturated carbocycles. The number of hydrogen-bond donors (Lipinski definition) is 2. The average Bonchev–Trinajstić information content (AvgIpc) is 3.56. The van der Waals surface area contributed by atoms with Crippen LogP contribution in [0.15, 0.2) is 48.5 Å². The number of ether oxygens (including phenoxy) is 1. The van der Waals surface area contributed by atoms with Crippen molar-refractivity contribution in [2.24, 2.45) is 0 Å². The summed E-state index contributed by atoms with van der Waals surface area (Å²) in [6.45, 7) is 17.8. The fourth-order valence-corrected chi connectivity index (χ4v) is 5.60. The van der Waals surface area contributed by atoms with Crippen molar-refractivity contribution in [3.8, 4) is 5.75 Å². The van der Waals surface area contributed by atoms with Crippen molar-refractivity contribution in [2.45, 2.75) is 137 Å². The molecule has 2 heterocycles. The minimum atomic E-state index is -0.560. The first-order valence-electron chi connectivity index (χ1n) is 17.1. The number of unbranched alkanes of at least 4 members (excludes halogenated alkanes) is 3. The van der Waals surface area contributed by atoms with Gasteiger partial charge in [-0.3, -0.25) is 9.89 Å². The molecule has 0 aliphatic heterocycles. The maximum absolute atomic E-state index is 13.7. The van der Waals surface area contributed by atoms with Gasteiger partial charge in [-0.1, -0.05) is 92.0 Å². The predicted molar refractivity (Wildman–Crippen MR) is 185 cm³/mol. The maximum Gasteiger partial charge on any atom is 0.265 e. The Morgan fingerprint density at radius 1 is 0.911 bits per heavy atom. The number of nitrogens with one attached hydrogen (secondary N) is 2. The average molecular weight is 614 g/mol. The molecule has 4 aromatic rings. The van der Waals surface area contributed by atoms with Crippen molar-refractivity contribution in [1.82, 2.24) is 19.8 Å². The van der Waals surface area contributed by atoms with Crippen LogP contribution < -0.4 is 10.1 Å². The molecule has 4 rings (SSSR count). The summed E-state index contributed by atoms with van der Waals surface area (Å²) in [5.74, 6) is 1.58. The lowest BCUT2D eigenvalue weighted by Crippen LogP contribution is -2.34. The van der Waals surface area contributed by atoms with E-state index in [1.165, 1.54) is 16.7 Å². The van der Waals surface area contributed by atoms with Crippen LogP contribution in [-0.2, 0) is 28.5 Å². The van der Waals surface area contributed by atoms with E-state index in [4.69, 9.17) is 4.74 Å². The van der Waals surface area contributed by atoms with E-state index in [0.29, 0.717) is 6.42 Å². The fraction of sp³-hybridized carbons (Fsp3) is 0.553. The number of hydrogen-bond acceptors (Lipinski definition) is 4. The van der Waals surface area contributed by atoms with E-state index < -0.39 is 6.10 Å². The molecule has 0 radical (unpaired) electrons. The van der Waals surface area contributed by atoms with Gasteiger partial charge in [0.05, 0.1) is 0 Å². The fourth-order valence-electron chi connectivity index (χ4n) is 5.60. The normalized spacial score (nSPS) is 12.9. The molecule has 2 aromatic carbocycles. The number of nitrogens with zero attached hydrogens (tertiary/aromatic N) is 3. The number of rotatable bonds is 17. The van der Waals surface area contributed by atoms with Gasteiger partial charge >= 0.3 is 0 Å². The lowest BCUT2D eigenvalue weighted by atomic mass is 9.76. The van der Waals surface area contributed by atoms with Crippen LogP contribution >= 0.6 is 0 Å². The van der Waals surface area contributed by atoms with Crippen molar-refractivity contribution in [1.29, 1.82) is 0 Å². The van der Waals surface area contributed by atoms with E-state index in [2.05, 4.69) is 99.3 Å². The maximum atomic E-state index is 13.7. The molecule has 1 atom stereocenters. The second kappa shape index (κ2) is 15.1. The summed E-state index contributed by atoms with van der Waals surface area (Å²) >= 11 is 0. The van der Waals surface area contributed by atoms with Gasteiger partial charge < -0.3 is 10.1 Å². The van der Waals surface area contributed by atoms with Crippen LogP contribution in [0.1, 0.15) is 128 Å². The van der Waals surface area contributed by atoms with Crippen molar-refractivity contribution >= 4 is 17.2 Å². The number of fused-ring (bicyclic) bond motifs is 1. The van der Waals surface area contributed by atoms with E-state index in [-0.39, 0.29) is 16.7 Å². The minimum Gasteiger partial charge on any atom is -0.480 e. The van der Waals surface area contributed by atoms with Gasteiger partial charge in [-0.2, -0.15) is 4.63 Å². The number of aryl methyl sites for hydroxylation is 3. The van der Waals surface area contributed by atoms with E-state index >= 15 is 0 Å². The van der Waals surface area contributed by atoms with Crippen molar-refractivity contribution in [3.63, 3.8) is 0 Å². The highest BCUT2D eigenvalue weighted by Gasteiger charge is 2.29. The van der Waals surface area contributed by atoms with E-state index in [0.717, 1.165) is 86.4 Å². The molecule has 0 spiro atoms. The molecule has 45 heavy (non-hydrogen) atoms. The van der Waals surface area contributed by atoms with Crippen molar-refractivity contribution < 1.29 is 9.53 Å². The monoisotopic (exact) mass is 613 g/mol. The second-order valence-corrected chi connectivity index (χ2v) is 13.9. The smallest absolute Gasteiger partial charge is 0.265 e. The highest BCUT2D eigenvalue weighted by Crippen LogP contribution is 2.39. The largest absolute Gasteiger partial charge is 0.480 e. The standard InChI is InChI=1S/C38H55N5O2/c1-9-12-13-14-17-33(45-32-24-21-29(37(5,6)10-2)26-31(32)38(7,8)11-3)36(44)39-30-22-19-28(20-23-30)16-15-18-34-40-35-25-27(4)41-43(35)42-34/h19-26,33,41H,9-18H2,1-8H3,(H,39,44). The molecular weight excluding hydrogens is 558 g/mol. The first kappa shape index (κ1) is 34.3. The van der Waals surface area contributed by atoms with Crippen LogP contribution in [0, 0.1) is 6.92 Å². The minimum absolute atomic E-state index is 0.0742.